The number of likely N-dealkylation sites (N-methyl/N-ethyl adjacent to an activating group) is 1. The standard InChI is InChI=1S/C13H16N2O3/c1-8(16)5-10(14)9-3-4-12-11(6-9)15(2)13(17)7-18-12/h3-4,6,10H,5,7,14H2,1-2H3. The lowest BCUT2D eigenvalue weighted by Gasteiger charge is -2.27. The Hall–Kier alpha value is -1.88. The minimum atomic E-state index is -0.349. The lowest BCUT2D eigenvalue weighted by Crippen LogP contribution is -2.35. The maximum absolute atomic E-state index is 11.5. The molecule has 1 aromatic rings. The summed E-state index contributed by atoms with van der Waals surface area (Å²) in [5.41, 5.74) is 7.47. The molecule has 1 unspecified atom stereocenters. The zero-order valence-corrected chi connectivity index (χ0v) is 10.5. The van der Waals surface area contributed by atoms with Crippen LogP contribution in [0.4, 0.5) is 5.69 Å². The third-order valence-electron chi connectivity index (χ3n) is 3.01. The van der Waals surface area contributed by atoms with Crippen LogP contribution in [0, 0.1) is 0 Å². The number of nitrogens with two attached hydrogens (primary N) is 1. The van der Waals surface area contributed by atoms with Crippen LogP contribution in [0.1, 0.15) is 24.9 Å². The predicted molar refractivity (Wildman–Crippen MR) is 67.6 cm³/mol. The molecule has 5 heteroatoms. The molecular formula is C13H16N2O3. The molecule has 0 fully saturated rings. The van der Waals surface area contributed by atoms with Crippen LogP contribution in [0.25, 0.3) is 0 Å². The first-order valence-corrected chi connectivity index (χ1v) is 5.77. The molecule has 2 N–H and O–H groups in total. The molecule has 18 heavy (non-hydrogen) atoms. The van der Waals surface area contributed by atoms with E-state index >= 15 is 0 Å². The Balaban J connectivity index is 2.31. The maximum atomic E-state index is 11.5. The number of Topliss-reactive ketones (excluding diaryl/α,β-unsaturated/α-hetero) is 1. The molecule has 96 valence electrons. The van der Waals surface area contributed by atoms with Crippen LogP contribution >= 0.6 is 0 Å². The topological polar surface area (TPSA) is 72.6 Å². The van der Waals surface area contributed by atoms with Crippen LogP contribution in [0.5, 0.6) is 5.75 Å². The minimum absolute atomic E-state index is 0.0425. The Morgan fingerprint density at radius 2 is 2.28 bits per heavy atom. The van der Waals surface area contributed by atoms with E-state index in [1.165, 1.54) is 6.92 Å². The molecule has 2 rings (SSSR count). The molecule has 1 heterocycles. The number of hydrogen-bond acceptors (Lipinski definition) is 4. The van der Waals surface area contributed by atoms with Crippen molar-refractivity contribution in [3.63, 3.8) is 0 Å². The third kappa shape index (κ3) is 2.36. The van der Waals surface area contributed by atoms with E-state index in [0.29, 0.717) is 11.4 Å². The van der Waals surface area contributed by atoms with E-state index in [0.717, 1.165) is 5.56 Å². The average molecular weight is 248 g/mol. The number of anilines is 1. The van der Waals surface area contributed by atoms with E-state index in [2.05, 4.69) is 0 Å². The molecule has 0 saturated carbocycles. The molecular weight excluding hydrogens is 232 g/mol. The van der Waals surface area contributed by atoms with Crippen molar-refractivity contribution in [2.45, 2.75) is 19.4 Å². The summed E-state index contributed by atoms with van der Waals surface area (Å²) in [5.74, 6) is 0.608. The molecule has 0 aromatic heterocycles. The van der Waals surface area contributed by atoms with Crippen LogP contribution < -0.4 is 15.4 Å². The molecule has 1 aliphatic rings. The number of ether oxygens (including phenoxy) is 1. The Kier molecular flexibility index (Phi) is 3.34. The quantitative estimate of drug-likeness (QED) is 0.866. The second-order valence-corrected chi connectivity index (χ2v) is 4.48. The van der Waals surface area contributed by atoms with E-state index in [1.807, 2.05) is 6.07 Å². The van der Waals surface area contributed by atoms with Gasteiger partial charge >= 0.3 is 0 Å². The van der Waals surface area contributed by atoms with Gasteiger partial charge in [0.1, 0.15) is 11.5 Å². The third-order valence-corrected chi connectivity index (χ3v) is 3.01. The summed E-state index contributed by atoms with van der Waals surface area (Å²) >= 11 is 0. The van der Waals surface area contributed by atoms with Gasteiger partial charge in [0.2, 0.25) is 0 Å². The van der Waals surface area contributed by atoms with Gasteiger partial charge in [0.15, 0.2) is 6.61 Å². The van der Waals surface area contributed by atoms with Gasteiger partial charge in [-0.2, -0.15) is 0 Å². The summed E-state index contributed by atoms with van der Waals surface area (Å²) < 4.78 is 5.32. The molecule has 0 saturated heterocycles. The monoisotopic (exact) mass is 248 g/mol. The number of hydrogen-bond donors (Lipinski definition) is 1. The highest BCUT2D eigenvalue weighted by Crippen LogP contribution is 2.33. The summed E-state index contributed by atoms with van der Waals surface area (Å²) in [4.78, 5) is 24.1. The molecule has 1 aliphatic heterocycles. The lowest BCUT2D eigenvalue weighted by molar-refractivity contribution is -0.121. The summed E-state index contributed by atoms with van der Waals surface area (Å²) in [6.45, 7) is 1.57. The van der Waals surface area contributed by atoms with Crippen molar-refractivity contribution in [2.24, 2.45) is 5.73 Å². The molecule has 1 amide bonds. The molecule has 0 bridgehead atoms. The SMILES string of the molecule is CC(=O)CC(N)c1ccc2c(c1)N(C)C(=O)CO2. The average Bonchev–Trinajstić information content (AvgIpc) is 2.33. The molecule has 0 radical (unpaired) electrons. The highest BCUT2D eigenvalue weighted by molar-refractivity contribution is 5.97. The summed E-state index contributed by atoms with van der Waals surface area (Å²) in [6, 6.07) is 5.07. The second-order valence-electron chi connectivity index (χ2n) is 4.48. The fourth-order valence-corrected chi connectivity index (χ4v) is 1.95. The van der Waals surface area contributed by atoms with Gasteiger partial charge in [0.05, 0.1) is 5.69 Å². The van der Waals surface area contributed by atoms with Crippen molar-refractivity contribution >= 4 is 17.4 Å². The number of ketones is 1. The Labute approximate surface area is 106 Å². The fraction of sp³-hybridized carbons (Fsp3) is 0.385. The highest BCUT2D eigenvalue weighted by Gasteiger charge is 2.23. The van der Waals surface area contributed by atoms with Crippen LogP contribution in [-0.4, -0.2) is 25.3 Å². The Bertz CT molecular complexity index is 499. The van der Waals surface area contributed by atoms with E-state index in [1.54, 1.807) is 24.1 Å². The Morgan fingerprint density at radius 1 is 1.56 bits per heavy atom. The predicted octanol–water partition coefficient (Wildman–Crippen LogP) is 1.02. The van der Waals surface area contributed by atoms with Crippen molar-refractivity contribution in [2.75, 3.05) is 18.6 Å². The number of nitrogens with zero attached hydrogens (tertiary/aromatic N) is 1. The van der Waals surface area contributed by atoms with Gasteiger partial charge in [-0.1, -0.05) is 6.07 Å². The minimum Gasteiger partial charge on any atom is -0.482 e. The zero-order chi connectivity index (χ0) is 13.3. The Morgan fingerprint density at radius 3 is 2.94 bits per heavy atom. The van der Waals surface area contributed by atoms with Gasteiger partial charge in [-0.25, -0.2) is 0 Å². The molecule has 5 nitrogen and oxygen atoms in total. The van der Waals surface area contributed by atoms with Gasteiger partial charge in [0.25, 0.3) is 5.91 Å². The first-order chi connectivity index (χ1) is 8.49. The van der Waals surface area contributed by atoms with Gasteiger partial charge in [-0.05, 0) is 24.6 Å². The maximum Gasteiger partial charge on any atom is 0.264 e. The fourth-order valence-electron chi connectivity index (χ4n) is 1.95. The first-order valence-electron chi connectivity index (χ1n) is 5.77. The van der Waals surface area contributed by atoms with Crippen LogP contribution in [0.15, 0.2) is 18.2 Å². The summed E-state index contributed by atoms with van der Waals surface area (Å²) in [5, 5.41) is 0. The van der Waals surface area contributed by atoms with Crippen molar-refractivity contribution in [3.8, 4) is 5.75 Å². The number of rotatable bonds is 3. The van der Waals surface area contributed by atoms with Crippen LogP contribution in [0.3, 0.4) is 0 Å². The number of carbonyl (C=O) groups is 2. The summed E-state index contributed by atoms with van der Waals surface area (Å²) in [7, 11) is 1.70. The molecule has 0 aliphatic carbocycles. The number of fused-ring (bicyclic) bond motifs is 1. The van der Waals surface area contributed by atoms with Crippen LogP contribution in [-0.2, 0) is 9.59 Å². The number of amides is 1. The van der Waals surface area contributed by atoms with Crippen molar-refractivity contribution in [3.05, 3.63) is 23.8 Å². The van der Waals surface area contributed by atoms with Gasteiger partial charge < -0.3 is 15.4 Å². The van der Waals surface area contributed by atoms with E-state index in [4.69, 9.17) is 10.5 Å². The van der Waals surface area contributed by atoms with E-state index in [-0.39, 0.29) is 30.8 Å². The first kappa shape index (κ1) is 12.6. The van der Waals surface area contributed by atoms with Gasteiger partial charge in [0, 0.05) is 19.5 Å². The largest absolute Gasteiger partial charge is 0.482 e. The smallest absolute Gasteiger partial charge is 0.264 e. The highest BCUT2D eigenvalue weighted by atomic mass is 16.5. The molecule has 1 aromatic carbocycles. The van der Waals surface area contributed by atoms with Crippen molar-refractivity contribution in [1.82, 2.24) is 0 Å². The second kappa shape index (κ2) is 4.78. The van der Waals surface area contributed by atoms with Crippen molar-refractivity contribution in [1.29, 1.82) is 0 Å². The van der Waals surface area contributed by atoms with E-state index < -0.39 is 0 Å². The normalized spacial score (nSPS) is 15.9. The molecule has 1 atom stereocenters. The lowest BCUT2D eigenvalue weighted by atomic mass is 10.0. The zero-order valence-electron chi connectivity index (χ0n) is 10.5. The van der Waals surface area contributed by atoms with E-state index in [9.17, 15) is 9.59 Å². The van der Waals surface area contributed by atoms with Crippen molar-refractivity contribution < 1.29 is 14.3 Å². The van der Waals surface area contributed by atoms with Gasteiger partial charge in [-0.3, -0.25) is 9.59 Å². The van der Waals surface area contributed by atoms with Gasteiger partial charge in [-0.15, -0.1) is 0 Å². The number of benzene rings is 1. The molecule has 0 spiro atoms. The number of carbonyl (C=O) groups excluding carboxylic acids is 2. The van der Waals surface area contributed by atoms with Crippen LogP contribution in [0.2, 0.25) is 0 Å². The summed E-state index contributed by atoms with van der Waals surface area (Å²) in [6.07, 6.45) is 0.289.